The van der Waals surface area contributed by atoms with E-state index in [4.69, 9.17) is 21.7 Å². The summed E-state index contributed by atoms with van der Waals surface area (Å²) in [4.78, 5) is 14.0. The molecule has 0 aromatic heterocycles. The van der Waals surface area contributed by atoms with Crippen LogP contribution in [0.2, 0.25) is 0 Å². The maximum absolute atomic E-state index is 11.6. The number of carbonyl (C=O) groups is 1. The summed E-state index contributed by atoms with van der Waals surface area (Å²) in [6, 6.07) is 15.6. The fraction of sp³-hybridized carbons (Fsp3) is 0.333. The monoisotopic (exact) mass is 399 g/mol. The van der Waals surface area contributed by atoms with Gasteiger partial charge in [-0.05, 0) is 55.0 Å². The number of hydrogen-bond donors (Lipinski definition) is 2. The van der Waals surface area contributed by atoms with Gasteiger partial charge in [0.2, 0.25) is 0 Å². The van der Waals surface area contributed by atoms with E-state index < -0.39 is 0 Å². The van der Waals surface area contributed by atoms with Gasteiger partial charge in [0.1, 0.15) is 0 Å². The number of morpholine rings is 1. The molecule has 0 saturated carbocycles. The molecule has 2 aromatic carbocycles. The summed E-state index contributed by atoms with van der Waals surface area (Å²) in [5.41, 5.74) is 3.56. The molecular formula is C21H25N3O3S. The number of hydrogen-bond acceptors (Lipinski definition) is 5. The highest BCUT2D eigenvalue weighted by molar-refractivity contribution is 7.80. The molecule has 1 atom stereocenters. The summed E-state index contributed by atoms with van der Waals surface area (Å²) in [6.45, 7) is 5.45. The number of carbonyl (C=O) groups excluding carboxylic acids is 1. The van der Waals surface area contributed by atoms with Gasteiger partial charge in [0.05, 0.1) is 31.9 Å². The van der Waals surface area contributed by atoms with Gasteiger partial charge >= 0.3 is 5.97 Å². The predicted octanol–water partition coefficient (Wildman–Crippen LogP) is 3.36. The molecule has 0 bridgehead atoms. The maximum atomic E-state index is 11.6. The van der Waals surface area contributed by atoms with Gasteiger partial charge in [-0.25, -0.2) is 4.79 Å². The molecule has 2 aromatic rings. The van der Waals surface area contributed by atoms with Crippen molar-refractivity contribution in [1.29, 1.82) is 0 Å². The van der Waals surface area contributed by atoms with E-state index in [-0.39, 0.29) is 12.0 Å². The molecule has 0 unspecified atom stereocenters. The second-order valence-electron chi connectivity index (χ2n) is 6.58. The Morgan fingerprint density at radius 2 is 1.89 bits per heavy atom. The number of methoxy groups -OCH3 is 1. The average Bonchev–Trinajstić information content (AvgIpc) is 2.74. The lowest BCUT2D eigenvalue weighted by Crippen LogP contribution is -2.36. The van der Waals surface area contributed by atoms with Crippen molar-refractivity contribution in [2.45, 2.75) is 13.0 Å². The topological polar surface area (TPSA) is 62.8 Å². The Balaban J connectivity index is 1.57. The molecule has 0 radical (unpaired) electrons. The number of benzene rings is 2. The van der Waals surface area contributed by atoms with Gasteiger partial charge in [0, 0.05) is 24.5 Å². The molecule has 148 valence electrons. The van der Waals surface area contributed by atoms with Crippen molar-refractivity contribution in [2.75, 3.05) is 43.6 Å². The molecule has 0 aliphatic carbocycles. The van der Waals surface area contributed by atoms with Crippen LogP contribution in [0.25, 0.3) is 0 Å². The molecule has 2 N–H and O–H groups in total. The molecule has 3 rings (SSSR count). The minimum absolute atomic E-state index is 0.0440. The number of thiocarbonyl (C=S) groups is 1. The Kier molecular flexibility index (Phi) is 6.84. The lowest BCUT2D eigenvalue weighted by atomic mass is 10.1. The van der Waals surface area contributed by atoms with Gasteiger partial charge < -0.3 is 25.0 Å². The van der Waals surface area contributed by atoms with Crippen LogP contribution in [0.4, 0.5) is 11.4 Å². The number of rotatable bonds is 5. The molecule has 1 fully saturated rings. The lowest BCUT2D eigenvalue weighted by Gasteiger charge is -2.29. The van der Waals surface area contributed by atoms with Crippen LogP contribution in [0.1, 0.15) is 28.9 Å². The van der Waals surface area contributed by atoms with Crippen molar-refractivity contribution < 1.29 is 14.3 Å². The third kappa shape index (κ3) is 5.21. The van der Waals surface area contributed by atoms with E-state index in [0.717, 1.165) is 37.6 Å². The van der Waals surface area contributed by atoms with Crippen LogP contribution < -0.4 is 15.5 Å². The first kappa shape index (κ1) is 20.1. The Hall–Kier alpha value is -2.64. The van der Waals surface area contributed by atoms with Crippen LogP contribution >= 0.6 is 12.2 Å². The largest absolute Gasteiger partial charge is 0.465 e. The quantitative estimate of drug-likeness (QED) is 0.590. The van der Waals surface area contributed by atoms with Crippen molar-refractivity contribution in [3.05, 3.63) is 59.7 Å². The van der Waals surface area contributed by atoms with Crippen molar-refractivity contribution in [2.24, 2.45) is 0 Å². The van der Waals surface area contributed by atoms with E-state index in [1.807, 2.05) is 6.07 Å². The Morgan fingerprint density at radius 3 is 2.57 bits per heavy atom. The van der Waals surface area contributed by atoms with E-state index >= 15 is 0 Å². The smallest absolute Gasteiger partial charge is 0.337 e. The van der Waals surface area contributed by atoms with Crippen LogP contribution in [0.3, 0.4) is 0 Å². The molecule has 1 saturated heterocycles. The molecular weight excluding hydrogens is 374 g/mol. The van der Waals surface area contributed by atoms with Gasteiger partial charge in [-0.15, -0.1) is 0 Å². The fourth-order valence-electron chi connectivity index (χ4n) is 3.08. The SMILES string of the molecule is COC(=O)c1cccc(NC(=S)N[C@H](C)c2ccc(N3CCOCC3)cc2)c1. The second kappa shape index (κ2) is 9.52. The molecule has 1 aliphatic heterocycles. The highest BCUT2D eigenvalue weighted by Gasteiger charge is 2.13. The van der Waals surface area contributed by atoms with E-state index in [0.29, 0.717) is 10.7 Å². The lowest BCUT2D eigenvalue weighted by molar-refractivity contribution is 0.0601. The van der Waals surface area contributed by atoms with Crippen LogP contribution in [-0.2, 0) is 9.47 Å². The van der Waals surface area contributed by atoms with Crippen LogP contribution in [0.5, 0.6) is 0 Å². The normalized spacial score (nSPS) is 14.9. The Bertz CT molecular complexity index is 820. The fourth-order valence-corrected chi connectivity index (χ4v) is 3.38. The van der Waals surface area contributed by atoms with E-state index in [1.165, 1.54) is 12.8 Å². The minimum atomic E-state index is -0.378. The van der Waals surface area contributed by atoms with Crippen molar-refractivity contribution in [3.63, 3.8) is 0 Å². The second-order valence-corrected chi connectivity index (χ2v) is 6.99. The summed E-state index contributed by atoms with van der Waals surface area (Å²) in [5.74, 6) is -0.378. The number of ether oxygens (including phenoxy) is 2. The standard InChI is InChI=1S/C21H25N3O3S/c1-15(16-6-8-19(9-7-16)24-10-12-27-13-11-24)22-21(28)23-18-5-3-4-17(14-18)20(25)26-2/h3-9,14-15H,10-13H2,1-2H3,(H2,22,23,28)/t15-/m1/s1. The number of nitrogens with one attached hydrogen (secondary N) is 2. The van der Waals surface area contributed by atoms with Crippen molar-refractivity contribution >= 4 is 34.7 Å². The first-order chi connectivity index (χ1) is 13.6. The number of esters is 1. The Labute approximate surface area is 170 Å². The molecule has 0 spiro atoms. The third-order valence-electron chi connectivity index (χ3n) is 4.66. The first-order valence-electron chi connectivity index (χ1n) is 9.25. The van der Waals surface area contributed by atoms with Crippen LogP contribution in [0.15, 0.2) is 48.5 Å². The van der Waals surface area contributed by atoms with E-state index in [9.17, 15) is 4.79 Å². The number of nitrogens with zero attached hydrogens (tertiary/aromatic N) is 1. The number of anilines is 2. The zero-order valence-corrected chi connectivity index (χ0v) is 16.9. The van der Waals surface area contributed by atoms with Crippen LogP contribution in [-0.4, -0.2) is 44.5 Å². The van der Waals surface area contributed by atoms with E-state index in [1.54, 1.807) is 18.2 Å². The summed E-state index contributed by atoms with van der Waals surface area (Å²) < 4.78 is 10.2. The predicted molar refractivity (Wildman–Crippen MR) is 115 cm³/mol. The summed E-state index contributed by atoms with van der Waals surface area (Å²) in [7, 11) is 1.36. The summed E-state index contributed by atoms with van der Waals surface area (Å²) >= 11 is 5.42. The van der Waals surface area contributed by atoms with Crippen LogP contribution in [0, 0.1) is 0 Å². The minimum Gasteiger partial charge on any atom is -0.465 e. The highest BCUT2D eigenvalue weighted by atomic mass is 32.1. The molecule has 0 amide bonds. The summed E-state index contributed by atoms with van der Waals surface area (Å²) in [5, 5.41) is 6.88. The zero-order valence-electron chi connectivity index (χ0n) is 16.1. The van der Waals surface area contributed by atoms with Gasteiger partial charge in [-0.2, -0.15) is 0 Å². The third-order valence-corrected chi connectivity index (χ3v) is 4.88. The van der Waals surface area contributed by atoms with Crippen molar-refractivity contribution in [3.8, 4) is 0 Å². The molecule has 1 heterocycles. The molecule has 1 aliphatic rings. The molecule has 6 nitrogen and oxygen atoms in total. The van der Waals surface area contributed by atoms with Gasteiger partial charge in [-0.1, -0.05) is 18.2 Å². The first-order valence-corrected chi connectivity index (χ1v) is 9.66. The average molecular weight is 400 g/mol. The molecule has 28 heavy (non-hydrogen) atoms. The van der Waals surface area contributed by atoms with Gasteiger partial charge in [0.15, 0.2) is 5.11 Å². The zero-order chi connectivity index (χ0) is 19.9. The molecule has 7 heteroatoms. The van der Waals surface area contributed by atoms with E-state index in [2.05, 4.69) is 46.7 Å². The Morgan fingerprint density at radius 1 is 1.18 bits per heavy atom. The highest BCUT2D eigenvalue weighted by Crippen LogP contribution is 2.20. The maximum Gasteiger partial charge on any atom is 0.337 e. The van der Waals surface area contributed by atoms with Crippen molar-refractivity contribution in [1.82, 2.24) is 5.32 Å². The summed E-state index contributed by atoms with van der Waals surface area (Å²) in [6.07, 6.45) is 0. The van der Waals surface area contributed by atoms with Gasteiger partial charge in [0.25, 0.3) is 0 Å². The van der Waals surface area contributed by atoms with Gasteiger partial charge in [-0.3, -0.25) is 0 Å².